The Kier molecular flexibility index (Phi) is 4.53. The number of pyridine rings is 1. The fourth-order valence-corrected chi connectivity index (χ4v) is 3.57. The predicted molar refractivity (Wildman–Crippen MR) is 101 cm³/mol. The monoisotopic (exact) mass is 363 g/mol. The van der Waals surface area contributed by atoms with Crippen LogP contribution in [0.4, 0.5) is 10.2 Å². The summed E-state index contributed by atoms with van der Waals surface area (Å²) in [5.74, 6) is 0.848. The molecule has 3 aromatic rings. The number of rotatable bonds is 4. The number of halogens is 2. The van der Waals surface area contributed by atoms with E-state index in [4.69, 9.17) is 11.6 Å². The summed E-state index contributed by atoms with van der Waals surface area (Å²) in [5, 5.41) is 4.52. The average Bonchev–Trinajstić information content (AvgIpc) is 3.05. The van der Waals surface area contributed by atoms with Crippen LogP contribution < -0.4 is 5.32 Å². The van der Waals surface area contributed by atoms with Gasteiger partial charge in [0.15, 0.2) is 17.5 Å². The number of nitrogens with one attached hydrogen (secondary N) is 2. The SMILES string of the molecule is Fc1cnc(-c2c[nH]c3ncc(Cl)cc23)nc1NCC1CCCCC1.[HH].[HH]. The number of hydrogen-bond acceptors (Lipinski definition) is 4. The Morgan fingerprint density at radius 2 is 2.08 bits per heavy atom. The van der Waals surface area contributed by atoms with Gasteiger partial charge in [-0.1, -0.05) is 30.9 Å². The second-order valence-corrected chi connectivity index (χ2v) is 6.96. The number of aromatic nitrogens is 4. The lowest BCUT2D eigenvalue weighted by Crippen LogP contribution is -2.18. The van der Waals surface area contributed by atoms with Gasteiger partial charge in [0, 0.05) is 32.7 Å². The van der Waals surface area contributed by atoms with Crippen molar-refractivity contribution in [2.24, 2.45) is 5.92 Å². The van der Waals surface area contributed by atoms with Crippen LogP contribution in [0.25, 0.3) is 22.4 Å². The number of nitrogens with zero attached hydrogens (tertiary/aromatic N) is 3. The van der Waals surface area contributed by atoms with Gasteiger partial charge in [-0.15, -0.1) is 0 Å². The van der Waals surface area contributed by atoms with Crippen molar-refractivity contribution in [3.05, 3.63) is 35.5 Å². The van der Waals surface area contributed by atoms with Gasteiger partial charge in [0.05, 0.1) is 11.2 Å². The van der Waals surface area contributed by atoms with Crippen LogP contribution >= 0.6 is 11.6 Å². The molecule has 2 N–H and O–H groups in total. The number of aromatic amines is 1. The van der Waals surface area contributed by atoms with Crippen LogP contribution in [-0.2, 0) is 0 Å². The van der Waals surface area contributed by atoms with Crippen LogP contribution in [0, 0.1) is 11.7 Å². The Bertz CT molecular complexity index is 899. The van der Waals surface area contributed by atoms with Crippen molar-refractivity contribution in [2.75, 3.05) is 11.9 Å². The molecule has 0 atom stereocenters. The lowest BCUT2D eigenvalue weighted by Gasteiger charge is -2.22. The highest BCUT2D eigenvalue weighted by Crippen LogP contribution is 2.29. The van der Waals surface area contributed by atoms with Crippen LogP contribution in [0.2, 0.25) is 5.02 Å². The van der Waals surface area contributed by atoms with E-state index in [0.717, 1.165) is 17.5 Å². The minimum Gasteiger partial charge on any atom is -0.367 e. The Hall–Kier alpha value is -2.21. The van der Waals surface area contributed by atoms with Gasteiger partial charge in [-0.25, -0.2) is 19.3 Å². The van der Waals surface area contributed by atoms with Gasteiger partial charge in [0.2, 0.25) is 0 Å². The van der Waals surface area contributed by atoms with Gasteiger partial charge in [0.1, 0.15) is 5.65 Å². The summed E-state index contributed by atoms with van der Waals surface area (Å²) in [6.45, 7) is 0.745. The van der Waals surface area contributed by atoms with Gasteiger partial charge in [0.25, 0.3) is 0 Å². The zero-order chi connectivity index (χ0) is 17.2. The third-order valence-corrected chi connectivity index (χ3v) is 4.97. The molecule has 0 unspecified atom stereocenters. The number of hydrogen-bond donors (Lipinski definition) is 2. The van der Waals surface area contributed by atoms with Gasteiger partial charge < -0.3 is 10.3 Å². The van der Waals surface area contributed by atoms with Gasteiger partial charge in [-0.2, -0.15) is 0 Å². The molecule has 1 saturated carbocycles. The standard InChI is InChI=1S/C18H19ClFN5.2H2/c19-12-6-13-14(9-23-16(13)22-8-12)17-24-10-15(20)18(25-17)21-7-11-4-2-1-3-5-11;;/h6,8-11H,1-5,7H2,(H,22,23)(H,21,24,25);2*1H. The average molecular weight is 364 g/mol. The Labute approximate surface area is 153 Å². The first-order valence-corrected chi connectivity index (χ1v) is 8.98. The highest BCUT2D eigenvalue weighted by molar-refractivity contribution is 6.31. The molecule has 0 spiro atoms. The summed E-state index contributed by atoms with van der Waals surface area (Å²) >= 11 is 6.04. The number of anilines is 1. The molecule has 3 aromatic heterocycles. The van der Waals surface area contributed by atoms with E-state index in [0.29, 0.717) is 22.4 Å². The molecule has 4 rings (SSSR count). The Balaban J connectivity index is 0.00000131. The maximum absolute atomic E-state index is 14.1. The molecule has 134 valence electrons. The summed E-state index contributed by atoms with van der Waals surface area (Å²) in [6.07, 6.45) is 10.8. The van der Waals surface area contributed by atoms with Crippen LogP contribution in [-0.4, -0.2) is 26.5 Å². The van der Waals surface area contributed by atoms with E-state index in [9.17, 15) is 4.39 Å². The third kappa shape index (κ3) is 3.44. The molecule has 1 aliphatic rings. The fraction of sp³-hybridized carbons (Fsp3) is 0.389. The fourth-order valence-electron chi connectivity index (χ4n) is 3.42. The smallest absolute Gasteiger partial charge is 0.183 e. The molecule has 0 saturated heterocycles. The maximum atomic E-state index is 14.1. The first-order valence-electron chi connectivity index (χ1n) is 8.60. The van der Waals surface area contributed by atoms with Crippen molar-refractivity contribution in [3.8, 4) is 11.4 Å². The van der Waals surface area contributed by atoms with Crippen molar-refractivity contribution in [1.82, 2.24) is 19.9 Å². The molecule has 0 aliphatic heterocycles. The number of H-pyrrole nitrogens is 1. The summed E-state index contributed by atoms with van der Waals surface area (Å²) in [6, 6.07) is 1.80. The molecule has 1 fully saturated rings. The van der Waals surface area contributed by atoms with E-state index in [1.165, 1.54) is 38.3 Å². The largest absolute Gasteiger partial charge is 0.367 e. The van der Waals surface area contributed by atoms with Crippen LogP contribution in [0.5, 0.6) is 0 Å². The van der Waals surface area contributed by atoms with E-state index >= 15 is 0 Å². The molecular weight excluding hydrogens is 341 g/mol. The summed E-state index contributed by atoms with van der Waals surface area (Å²) in [5.41, 5.74) is 1.45. The third-order valence-electron chi connectivity index (χ3n) is 4.77. The maximum Gasteiger partial charge on any atom is 0.183 e. The number of fused-ring (bicyclic) bond motifs is 1. The molecule has 0 radical (unpaired) electrons. The van der Waals surface area contributed by atoms with Gasteiger partial charge >= 0.3 is 0 Å². The van der Waals surface area contributed by atoms with Crippen LogP contribution in [0.1, 0.15) is 35.0 Å². The van der Waals surface area contributed by atoms with Crippen LogP contribution in [0.15, 0.2) is 24.7 Å². The summed E-state index contributed by atoms with van der Waals surface area (Å²) in [4.78, 5) is 15.8. The molecule has 5 nitrogen and oxygen atoms in total. The molecule has 7 heteroatoms. The lowest BCUT2D eigenvalue weighted by atomic mass is 9.89. The van der Waals surface area contributed by atoms with E-state index < -0.39 is 5.82 Å². The molecule has 3 heterocycles. The highest BCUT2D eigenvalue weighted by Gasteiger charge is 2.16. The minimum absolute atomic E-state index is 0. The normalized spacial score (nSPS) is 15.6. The van der Waals surface area contributed by atoms with Gasteiger partial charge in [-0.3, -0.25) is 0 Å². The summed E-state index contributed by atoms with van der Waals surface area (Å²) in [7, 11) is 0. The van der Waals surface area contributed by atoms with Crippen molar-refractivity contribution < 1.29 is 7.24 Å². The van der Waals surface area contributed by atoms with Crippen molar-refractivity contribution in [2.45, 2.75) is 32.1 Å². The second-order valence-electron chi connectivity index (χ2n) is 6.53. The Morgan fingerprint density at radius 3 is 2.92 bits per heavy atom. The quantitative estimate of drug-likeness (QED) is 0.660. The summed E-state index contributed by atoms with van der Waals surface area (Å²) < 4.78 is 14.1. The lowest BCUT2D eigenvalue weighted by molar-refractivity contribution is 0.373. The minimum atomic E-state index is -0.435. The second kappa shape index (κ2) is 6.96. The van der Waals surface area contributed by atoms with Crippen molar-refractivity contribution in [3.63, 3.8) is 0 Å². The first kappa shape index (κ1) is 16.3. The topological polar surface area (TPSA) is 66.5 Å². The van der Waals surface area contributed by atoms with Crippen molar-refractivity contribution >= 4 is 28.5 Å². The van der Waals surface area contributed by atoms with E-state index in [1.54, 1.807) is 18.5 Å². The van der Waals surface area contributed by atoms with E-state index in [2.05, 4.69) is 25.3 Å². The zero-order valence-corrected chi connectivity index (χ0v) is 14.5. The molecule has 0 aromatic carbocycles. The van der Waals surface area contributed by atoms with Gasteiger partial charge in [-0.05, 0) is 24.8 Å². The molecule has 0 amide bonds. The molecule has 25 heavy (non-hydrogen) atoms. The first-order chi connectivity index (χ1) is 12.2. The van der Waals surface area contributed by atoms with E-state index in [1.807, 2.05) is 0 Å². The predicted octanol–water partition coefficient (Wildman–Crippen LogP) is 5.30. The molecular formula is C18H23ClFN5. The van der Waals surface area contributed by atoms with Crippen LogP contribution in [0.3, 0.4) is 0 Å². The highest BCUT2D eigenvalue weighted by atomic mass is 35.5. The van der Waals surface area contributed by atoms with Crippen molar-refractivity contribution in [1.29, 1.82) is 0 Å². The molecule has 0 bridgehead atoms. The zero-order valence-electron chi connectivity index (χ0n) is 13.7. The molecule has 1 aliphatic carbocycles. The Morgan fingerprint density at radius 1 is 1.24 bits per heavy atom. The van der Waals surface area contributed by atoms with E-state index in [-0.39, 0.29) is 8.67 Å².